The number of benzene rings is 1. The third kappa shape index (κ3) is 7.65. The van der Waals surface area contributed by atoms with Crippen molar-refractivity contribution < 1.29 is 14.4 Å². The average Bonchev–Trinajstić information content (AvgIpc) is 3.16. The molecule has 0 unspecified atom stereocenters. The Labute approximate surface area is 175 Å². The summed E-state index contributed by atoms with van der Waals surface area (Å²) in [5.41, 5.74) is 1.38. The van der Waals surface area contributed by atoms with Crippen molar-refractivity contribution in [1.29, 1.82) is 0 Å². The molecule has 1 heterocycles. The van der Waals surface area contributed by atoms with Crippen LogP contribution in [0.1, 0.15) is 46.1 Å². The third-order valence-electron chi connectivity index (χ3n) is 4.02. The van der Waals surface area contributed by atoms with Crippen LogP contribution in [0.4, 0.5) is 10.8 Å². The molecule has 7 nitrogen and oxygen atoms in total. The summed E-state index contributed by atoms with van der Waals surface area (Å²) in [6.45, 7) is 7.60. The van der Waals surface area contributed by atoms with Gasteiger partial charge in [-0.3, -0.25) is 14.4 Å². The summed E-state index contributed by atoms with van der Waals surface area (Å²) in [5.74, 6) is -0.820. The Bertz CT molecular complexity index is 827. The smallest absolute Gasteiger partial charge is 0.240 e. The molecule has 0 aliphatic heterocycles. The number of nitrogens with one attached hydrogen (secondary N) is 2. The topological polar surface area (TPSA) is 91.4 Å². The minimum Gasteiger partial charge on any atom is -0.350 e. The number of aryl methyl sites for hydroxylation is 1. The summed E-state index contributed by atoms with van der Waals surface area (Å²) >= 11 is 1.31. The first-order valence-corrected chi connectivity index (χ1v) is 10.5. The number of carbonyl (C=O) groups is 3. The van der Waals surface area contributed by atoms with Crippen molar-refractivity contribution in [2.45, 2.75) is 52.5 Å². The molecule has 2 rings (SSSR count). The van der Waals surface area contributed by atoms with E-state index >= 15 is 0 Å². The van der Waals surface area contributed by atoms with Crippen LogP contribution in [0, 0.1) is 0 Å². The second-order valence-electron chi connectivity index (χ2n) is 7.68. The van der Waals surface area contributed by atoms with Crippen LogP contribution in [-0.4, -0.2) is 34.8 Å². The third-order valence-corrected chi connectivity index (χ3v) is 4.71. The number of rotatable bonds is 8. The summed E-state index contributed by atoms with van der Waals surface area (Å²) in [6, 6.07) is 7.53. The van der Waals surface area contributed by atoms with Gasteiger partial charge in [0.15, 0.2) is 5.13 Å². The number of amides is 3. The molecule has 1 aromatic carbocycles. The van der Waals surface area contributed by atoms with Crippen molar-refractivity contribution in [1.82, 2.24) is 10.3 Å². The monoisotopic (exact) mass is 416 g/mol. The van der Waals surface area contributed by atoms with E-state index in [1.54, 1.807) is 11.6 Å². The molecule has 8 heteroatoms. The van der Waals surface area contributed by atoms with Gasteiger partial charge < -0.3 is 15.5 Å². The van der Waals surface area contributed by atoms with Gasteiger partial charge in [0.25, 0.3) is 0 Å². The zero-order valence-corrected chi connectivity index (χ0v) is 18.1. The minimum atomic E-state index is -0.397. The SMILES string of the molecule is CCc1ccc(N(CC(=O)NC(C)(C)C)C(=O)CCC(=O)Nc2nccs2)cc1. The van der Waals surface area contributed by atoms with Gasteiger partial charge in [0.05, 0.1) is 0 Å². The van der Waals surface area contributed by atoms with Gasteiger partial charge >= 0.3 is 0 Å². The van der Waals surface area contributed by atoms with E-state index in [-0.39, 0.29) is 37.1 Å². The fraction of sp³-hybridized carbons (Fsp3) is 0.429. The predicted octanol–water partition coefficient (Wildman–Crippen LogP) is 3.37. The van der Waals surface area contributed by atoms with Gasteiger partial charge in [0.2, 0.25) is 17.7 Å². The molecule has 0 aliphatic carbocycles. The summed E-state index contributed by atoms with van der Waals surface area (Å²) in [5, 5.41) is 7.79. The number of nitrogens with zero attached hydrogens (tertiary/aromatic N) is 2. The highest BCUT2D eigenvalue weighted by Crippen LogP contribution is 2.18. The molecule has 2 N–H and O–H groups in total. The lowest BCUT2D eigenvalue weighted by atomic mass is 10.1. The van der Waals surface area contributed by atoms with Crippen LogP contribution < -0.4 is 15.5 Å². The van der Waals surface area contributed by atoms with E-state index in [9.17, 15) is 14.4 Å². The van der Waals surface area contributed by atoms with Gasteiger partial charge in [-0.1, -0.05) is 19.1 Å². The number of thiazole rings is 1. The summed E-state index contributed by atoms with van der Waals surface area (Å²) in [4.78, 5) is 42.8. The first-order chi connectivity index (χ1) is 13.7. The molecule has 3 amide bonds. The Morgan fingerprint density at radius 3 is 2.31 bits per heavy atom. The summed E-state index contributed by atoms with van der Waals surface area (Å²) < 4.78 is 0. The molecule has 0 radical (unpaired) electrons. The molecule has 1 aromatic heterocycles. The highest BCUT2D eigenvalue weighted by Gasteiger charge is 2.22. The maximum Gasteiger partial charge on any atom is 0.240 e. The zero-order chi connectivity index (χ0) is 21.4. The molecule has 29 heavy (non-hydrogen) atoms. The largest absolute Gasteiger partial charge is 0.350 e. The Hall–Kier alpha value is -2.74. The van der Waals surface area contributed by atoms with Crippen molar-refractivity contribution in [3.63, 3.8) is 0 Å². The lowest BCUT2D eigenvalue weighted by Gasteiger charge is -2.26. The van der Waals surface area contributed by atoms with Gasteiger partial charge in [0.1, 0.15) is 6.54 Å². The Balaban J connectivity index is 2.06. The number of hydrogen-bond donors (Lipinski definition) is 2. The van der Waals surface area contributed by atoms with Crippen molar-refractivity contribution in [3.05, 3.63) is 41.4 Å². The molecular weight excluding hydrogens is 388 g/mol. The highest BCUT2D eigenvalue weighted by atomic mass is 32.1. The first-order valence-electron chi connectivity index (χ1n) is 9.57. The van der Waals surface area contributed by atoms with E-state index in [1.165, 1.54) is 16.2 Å². The molecule has 0 aliphatic rings. The van der Waals surface area contributed by atoms with E-state index in [0.717, 1.165) is 12.0 Å². The lowest BCUT2D eigenvalue weighted by Crippen LogP contribution is -2.47. The zero-order valence-electron chi connectivity index (χ0n) is 17.3. The predicted molar refractivity (Wildman–Crippen MR) is 116 cm³/mol. The fourth-order valence-corrected chi connectivity index (χ4v) is 3.20. The fourth-order valence-electron chi connectivity index (χ4n) is 2.66. The number of aromatic nitrogens is 1. The number of anilines is 2. The second-order valence-corrected chi connectivity index (χ2v) is 8.58. The quantitative estimate of drug-likeness (QED) is 0.690. The van der Waals surface area contributed by atoms with Crippen LogP contribution in [0.5, 0.6) is 0 Å². The standard InChI is InChI=1S/C21H28N4O3S/c1-5-15-6-8-16(9-7-15)25(14-18(27)24-21(2,3)4)19(28)11-10-17(26)23-20-22-12-13-29-20/h6-9,12-13H,5,10-11,14H2,1-4H3,(H,24,27)(H,22,23,26). The van der Waals surface area contributed by atoms with Crippen LogP contribution >= 0.6 is 11.3 Å². The minimum absolute atomic E-state index is 0.00443. The Morgan fingerprint density at radius 2 is 1.76 bits per heavy atom. The van der Waals surface area contributed by atoms with E-state index in [1.807, 2.05) is 45.0 Å². The molecule has 0 fully saturated rings. The number of carbonyl (C=O) groups excluding carboxylic acids is 3. The van der Waals surface area contributed by atoms with E-state index in [0.29, 0.717) is 10.8 Å². The molecule has 0 spiro atoms. The van der Waals surface area contributed by atoms with E-state index < -0.39 is 5.54 Å². The van der Waals surface area contributed by atoms with Crippen molar-refractivity contribution >= 4 is 39.9 Å². The Kier molecular flexibility index (Phi) is 7.90. The van der Waals surface area contributed by atoms with Gasteiger partial charge in [-0.15, -0.1) is 11.3 Å². The van der Waals surface area contributed by atoms with Crippen LogP contribution in [0.3, 0.4) is 0 Å². The normalized spacial score (nSPS) is 11.0. The first kappa shape index (κ1) is 22.5. The van der Waals surface area contributed by atoms with Gasteiger partial charge in [0, 0.05) is 35.6 Å². The van der Waals surface area contributed by atoms with Crippen molar-refractivity contribution in [3.8, 4) is 0 Å². The van der Waals surface area contributed by atoms with Gasteiger partial charge in [-0.05, 0) is 44.9 Å². The molecule has 0 saturated heterocycles. The van der Waals surface area contributed by atoms with E-state index in [2.05, 4.69) is 22.5 Å². The molecule has 2 aromatic rings. The molecular formula is C21H28N4O3S. The lowest BCUT2D eigenvalue weighted by molar-refractivity contribution is -0.125. The summed E-state index contributed by atoms with van der Waals surface area (Å²) in [7, 11) is 0. The maximum atomic E-state index is 12.9. The average molecular weight is 417 g/mol. The molecule has 156 valence electrons. The van der Waals surface area contributed by atoms with E-state index in [4.69, 9.17) is 0 Å². The maximum absolute atomic E-state index is 12.9. The van der Waals surface area contributed by atoms with Crippen molar-refractivity contribution in [2.24, 2.45) is 0 Å². The summed E-state index contributed by atoms with van der Waals surface area (Å²) in [6.07, 6.45) is 2.50. The highest BCUT2D eigenvalue weighted by molar-refractivity contribution is 7.13. The van der Waals surface area contributed by atoms with Gasteiger partial charge in [-0.25, -0.2) is 4.98 Å². The van der Waals surface area contributed by atoms with Crippen LogP contribution in [0.2, 0.25) is 0 Å². The van der Waals surface area contributed by atoms with Crippen LogP contribution in [0.15, 0.2) is 35.8 Å². The van der Waals surface area contributed by atoms with Crippen LogP contribution in [0.25, 0.3) is 0 Å². The van der Waals surface area contributed by atoms with Crippen molar-refractivity contribution in [2.75, 3.05) is 16.8 Å². The van der Waals surface area contributed by atoms with Gasteiger partial charge in [-0.2, -0.15) is 0 Å². The number of hydrogen-bond acceptors (Lipinski definition) is 5. The molecule has 0 bridgehead atoms. The Morgan fingerprint density at radius 1 is 1.07 bits per heavy atom. The second kappa shape index (κ2) is 10.2. The van der Waals surface area contributed by atoms with Crippen LogP contribution in [-0.2, 0) is 20.8 Å². The molecule has 0 atom stereocenters. The molecule has 0 saturated carbocycles.